The quantitative estimate of drug-likeness (QED) is 0.718. The summed E-state index contributed by atoms with van der Waals surface area (Å²) < 4.78 is 22.6. The fourth-order valence-corrected chi connectivity index (χ4v) is 2.98. The van der Waals surface area contributed by atoms with E-state index in [0.29, 0.717) is 5.69 Å². The molecule has 1 aromatic rings. The van der Waals surface area contributed by atoms with E-state index < -0.39 is 9.84 Å². The molecule has 1 aromatic heterocycles. The van der Waals surface area contributed by atoms with Crippen LogP contribution in [-0.2, 0) is 9.84 Å². The minimum absolute atomic E-state index is 0.00170. The van der Waals surface area contributed by atoms with Crippen LogP contribution in [0, 0.1) is 6.92 Å². The van der Waals surface area contributed by atoms with Gasteiger partial charge in [-0.3, -0.25) is 4.79 Å². The van der Waals surface area contributed by atoms with Gasteiger partial charge in [0.05, 0.1) is 11.5 Å². The van der Waals surface area contributed by atoms with Crippen LogP contribution in [0.5, 0.6) is 0 Å². The molecule has 0 atom stereocenters. The van der Waals surface area contributed by atoms with Gasteiger partial charge in [-0.25, -0.2) is 18.4 Å². The van der Waals surface area contributed by atoms with Crippen molar-refractivity contribution in [1.29, 1.82) is 0 Å². The number of hydrogen-bond donors (Lipinski definition) is 1. The Bertz CT molecular complexity index is 551. The van der Waals surface area contributed by atoms with E-state index in [1.54, 1.807) is 13.0 Å². The molecular weight excluding hydrogens is 256 g/mol. The molecule has 1 aliphatic heterocycles. The van der Waals surface area contributed by atoms with Gasteiger partial charge in [0, 0.05) is 18.8 Å². The maximum Gasteiger partial charge on any atom is 0.272 e. The normalized spacial score (nSPS) is 18.6. The molecule has 2 N–H and O–H groups in total. The second-order valence-corrected chi connectivity index (χ2v) is 6.50. The molecule has 8 heteroatoms. The minimum atomic E-state index is -3.00. The van der Waals surface area contributed by atoms with Crippen LogP contribution in [-0.4, -0.2) is 53.8 Å². The summed E-state index contributed by atoms with van der Waals surface area (Å²) in [4.78, 5) is 21.3. The van der Waals surface area contributed by atoms with Crippen molar-refractivity contribution in [3.63, 3.8) is 0 Å². The Hall–Kier alpha value is -1.70. The summed E-state index contributed by atoms with van der Waals surface area (Å²) in [6.07, 6.45) is 0. The highest BCUT2D eigenvalue weighted by Crippen LogP contribution is 2.10. The van der Waals surface area contributed by atoms with Gasteiger partial charge in [-0.1, -0.05) is 0 Å². The molecule has 18 heavy (non-hydrogen) atoms. The van der Waals surface area contributed by atoms with E-state index in [-0.39, 0.29) is 42.1 Å². The Morgan fingerprint density at radius 1 is 1.33 bits per heavy atom. The van der Waals surface area contributed by atoms with Gasteiger partial charge >= 0.3 is 0 Å². The van der Waals surface area contributed by atoms with Gasteiger partial charge in [-0.2, -0.15) is 0 Å². The van der Waals surface area contributed by atoms with Crippen molar-refractivity contribution in [2.75, 3.05) is 30.3 Å². The van der Waals surface area contributed by atoms with Gasteiger partial charge in [0.1, 0.15) is 5.69 Å². The van der Waals surface area contributed by atoms with Gasteiger partial charge in [0.15, 0.2) is 9.84 Å². The van der Waals surface area contributed by atoms with E-state index in [9.17, 15) is 13.2 Å². The molecule has 0 saturated carbocycles. The number of aromatic nitrogens is 2. The lowest BCUT2D eigenvalue weighted by Gasteiger charge is -2.26. The lowest BCUT2D eigenvalue weighted by Crippen LogP contribution is -2.44. The number of nitrogens with zero attached hydrogens (tertiary/aromatic N) is 3. The molecule has 1 fully saturated rings. The zero-order valence-electron chi connectivity index (χ0n) is 9.96. The Kier molecular flexibility index (Phi) is 3.20. The number of aryl methyl sites for hydroxylation is 1. The van der Waals surface area contributed by atoms with Crippen LogP contribution in [0.1, 0.15) is 16.2 Å². The SMILES string of the molecule is Cc1cc(C(=O)N2CCS(=O)(=O)CC2)nc(N)n1. The highest BCUT2D eigenvalue weighted by Gasteiger charge is 2.26. The average molecular weight is 270 g/mol. The molecule has 0 bridgehead atoms. The third-order valence-electron chi connectivity index (χ3n) is 2.72. The summed E-state index contributed by atoms with van der Waals surface area (Å²) in [5.74, 6) is -0.263. The number of nitrogens with two attached hydrogens (primary N) is 1. The maximum absolute atomic E-state index is 12.1. The molecule has 0 radical (unpaired) electrons. The van der Waals surface area contributed by atoms with Gasteiger partial charge in [-0.05, 0) is 13.0 Å². The van der Waals surface area contributed by atoms with E-state index >= 15 is 0 Å². The van der Waals surface area contributed by atoms with E-state index in [2.05, 4.69) is 9.97 Å². The monoisotopic (exact) mass is 270 g/mol. The van der Waals surface area contributed by atoms with Crippen LogP contribution in [0.3, 0.4) is 0 Å². The molecule has 98 valence electrons. The Morgan fingerprint density at radius 3 is 2.50 bits per heavy atom. The van der Waals surface area contributed by atoms with Crippen LogP contribution in [0.4, 0.5) is 5.95 Å². The highest BCUT2D eigenvalue weighted by atomic mass is 32.2. The van der Waals surface area contributed by atoms with Crippen molar-refractivity contribution >= 4 is 21.7 Å². The summed E-state index contributed by atoms with van der Waals surface area (Å²) in [5, 5.41) is 0. The summed E-state index contributed by atoms with van der Waals surface area (Å²) in [6, 6.07) is 1.54. The molecule has 0 aliphatic carbocycles. The first-order valence-electron chi connectivity index (χ1n) is 5.48. The number of carbonyl (C=O) groups is 1. The summed E-state index contributed by atoms with van der Waals surface area (Å²) in [6.45, 7) is 2.11. The molecule has 2 rings (SSSR count). The topological polar surface area (TPSA) is 106 Å². The maximum atomic E-state index is 12.1. The standard InChI is InChI=1S/C10H14N4O3S/c1-7-6-8(13-10(11)12-7)9(15)14-2-4-18(16,17)5-3-14/h6H,2-5H2,1H3,(H2,11,12,13). The van der Waals surface area contributed by atoms with Crippen molar-refractivity contribution in [3.8, 4) is 0 Å². The zero-order valence-corrected chi connectivity index (χ0v) is 10.8. The Morgan fingerprint density at radius 2 is 1.94 bits per heavy atom. The molecule has 1 aliphatic rings. The van der Waals surface area contributed by atoms with E-state index in [1.807, 2.05) is 0 Å². The van der Waals surface area contributed by atoms with Crippen molar-refractivity contribution in [2.24, 2.45) is 0 Å². The second kappa shape index (κ2) is 4.52. The summed E-state index contributed by atoms with van der Waals surface area (Å²) >= 11 is 0. The van der Waals surface area contributed by atoms with Crippen LogP contribution < -0.4 is 5.73 Å². The molecule has 1 saturated heterocycles. The van der Waals surface area contributed by atoms with Crippen LogP contribution in [0.25, 0.3) is 0 Å². The lowest BCUT2D eigenvalue weighted by atomic mass is 10.3. The molecule has 0 aromatic carbocycles. The first kappa shape index (κ1) is 12.7. The summed E-state index contributed by atoms with van der Waals surface area (Å²) in [7, 11) is -3.00. The predicted molar refractivity (Wildman–Crippen MR) is 65.7 cm³/mol. The van der Waals surface area contributed by atoms with E-state index in [1.165, 1.54) is 4.90 Å². The van der Waals surface area contributed by atoms with Crippen molar-refractivity contribution in [2.45, 2.75) is 6.92 Å². The minimum Gasteiger partial charge on any atom is -0.368 e. The number of amides is 1. The molecular formula is C10H14N4O3S. The first-order chi connectivity index (χ1) is 8.37. The number of nitrogen functional groups attached to an aromatic ring is 1. The fraction of sp³-hybridized carbons (Fsp3) is 0.500. The molecule has 0 unspecified atom stereocenters. The lowest BCUT2D eigenvalue weighted by molar-refractivity contribution is 0.0764. The second-order valence-electron chi connectivity index (χ2n) is 4.20. The van der Waals surface area contributed by atoms with Crippen LogP contribution in [0.2, 0.25) is 0 Å². The molecule has 2 heterocycles. The zero-order chi connectivity index (χ0) is 13.3. The fourth-order valence-electron chi connectivity index (χ4n) is 1.78. The van der Waals surface area contributed by atoms with Crippen molar-refractivity contribution < 1.29 is 13.2 Å². The predicted octanol–water partition coefficient (Wildman–Crippen LogP) is -0.762. The van der Waals surface area contributed by atoms with Crippen molar-refractivity contribution in [1.82, 2.24) is 14.9 Å². The molecule has 0 spiro atoms. The third-order valence-corrected chi connectivity index (χ3v) is 4.33. The largest absolute Gasteiger partial charge is 0.368 e. The number of anilines is 1. The van der Waals surface area contributed by atoms with E-state index in [4.69, 9.17) is 5.73 Å². The van der Waals surface area contributed by atoms with Crippen LogP contribution in [0.15, 0.2) is 6.07 Å². The number of sulfone groups is 1. The van der Waals surface area contributed by atoms with Crippen molar-refractivity contribution in [3.05, 3.63) is 17.5 Å². The number of hydrogen-bond acceptors (Lipinski definition) is 6. The van der Waals surface area contributed by atoms with Crippen LogP contribution >= 0.6 is 0 Å². The first-order valence-corrected chi connectivity index (χ1v) is 7.30. The number of carbonyl (C=O) groups excluding carboxylic acids is 1. The Labute approximate surface area is 105 Å². The van der Waals surface area contributed by atoms with Gasteiger partial charge in [0.25, 0.3) is 5.91 Å². The smallest absolute Gasteiger partial charge is 0.272 e. The van der Waals surface area contributed by atoms with E-state index in [0.717, 1.165) is 0 Å². The van der Waals surface area contributed by atoms with Gasteiger partial charge < -0.3 is 10.6 Å². The highest BCUT2D eigenvalue weighted by molar-refractivity contribution is 7.91. The van der Waals surface area contributed by atoms with Gasteiger partial charge in [-0.15, -0.1) is 0 Å². The molecule has 7 nitrogen and oxygen atoms in total. The molecule has 1 amide bonds. The number of rotatable bonds is 1. The van der Waals surface area contributed by atoms with Gasteiger partial charge in [0.2, 0.25) is 5.95 Å². The summed E-state index contributed by atoms with van der Waals surface area (Å²) in [5.41, 5.74) is 6.30. The third kappa shape index (κ3) is 2.76. The average Bonchev–Trinajstić information content (AvgIpc) is 2.27. The Balaban J connectivity index is 2.17.